The number of hydrogen-bond donors (Lipinski definition) is 2. The molecule has 0 aliphatic heterocycles. The largest absolute Gasteiger partial charge is 0.396 e. The number of benzene rings is 1. The summed E-state index contributed by atoms with van der Waals surface area (Å²) in [5.74, 6) is -0.539. The first kappa shape index (κ1) is 13.2. The topological polar surface area (TPSA) is 76.2 Å². The molecule has 4 heteroatoms. The summed E-state index contributed by atoms with van der Waals surface area (Å²) in [6.07, 6.45) is 1.34. The van der Waals surface area contributed by atoms with Gasteiger partial charge in [0.1, 0.15) is 5.69 Å². The maximum absolute atomic E-state index is 11.3. The fourth-order valence-corrected chi connectivity index (χ4v) is 1.90. The van der Waals surface area contributed by atoms with Crippen molar-refractivity contribution in [3.05, 3.63) is 53.7 Å². The van der Waals surface area contributed by atoms with Gasteiger partial charge in [-0.05, 0) is 30.5 Å². The first-order valence-corrected chi connectivity index (χ1v) is 6.18. The molecule has 0 bridgehead atoms. The lowest BCUT2D eigenvalue weighted by molar-refractivity contribution is 0.0995. The summed E-state index contributed by atoms with van der Waals surface area (Å²) < 4.78 is 0. The molecule has 1 amide bonds. The van der Waals surface area contributed by atoms with Crippen molar-refractivity contribution in [1.82, 2.24) is 4.98 Å². The third-order valence-electron chi connectivity index (χ3n) is 2.83. The quantitative estimate of drug-likeness (QED) is 0.856. The van der Waals surface area contributed by atoms with Crippen molar-refractivity contribution in [3.63, 3.8) is 0 Å². The minimum absolute atomic E-state index is 0.120. The fourth-order valence-electron chi connectivity index (χ4n) is 1.90. The Morgan fingerprint density at radius 2 is 1.95 bits per heavy atom. The minimum Gasteiger partial charge on any atom is -0.396 e. The number of primary amides is 1. The smallest absolute Gasteiger partial charge is 0.267 e. The van der Waals surface area contributed by atoms with Crippen LogP contribution in [0.25, 0.3) is 11.3 Å². The second-order valence-corrected chi connectivity index (χ2v) is 4.30. The zero-order chi connectivity index (χ0) is 13.7. The molecule has 0 spiro atoms. The standard InChI is InChI=1S/C15H16N2O2/c16-15(19)14-10-11(5-4-8-18)9-13(17-14)12-6-2-1-3-7-12/h1-3,6-7,9-10,18H,4-5,8H2,(H2,16,19). The van der Waals surface area contributed by atoms with Crippen LogP contribution in [-0.4, -0.2) is 22.6 Å². The molecule has 0 aliphatic rings. The van der Waals surface area contributed by atoms with Crippen molar-refractivity contribution in [1.29, 1.82) is 0 Å². The van der Waals surface area contributed by atoms with E-state index in [-0.39, 0.29) is 12.3 Å². The van der Waals surface area contributed by atoms with Gasteiger partial charge in [-0.3, -0.25) is 4.79 Å². The van der Waals surface area contributed by atoms with E-state index in [1.165, 1.54) is 0 Å². The molecule has 1 heterocycles. The van der Waals surface area contributed by atoms with Gasteiger partial charge >= 0.3 is 0 Å². The third-order valence-corrected chi connectivity index (χ3v) is 2.83. The van der Waals surface area contributed by atoms with Crippen LogP contribution in [0.5, 0.6) is 0 Å². The predicted molar refractivity (Wildman–Crippen MR) is 73.6 cm³/mol. The highest BCUT2D eigenvalue weighted by Gasteiger charge is 2.08. The number of nitrogens with two attached hydrogens (primary N) is 1. The SMILES string of the molecule is NC(=O)c1cc(CCCO)cc(-c2ccccc2)n1. The van der Waals surface area contributed by atoms with E-state index < -0.39 is 5.91 Å². The van der Waals surface area contributed by atoms with E-state index in [1.54, 1.807) is 6.07 Å². The average molecular weight is 256 g/mol. The van der Waals surface area contributed by atoms with Gasteiger partial charge in [-0.15, -0.1) is 0 Å². The van der Waals surface area contributed by atoms with Crippen molar-refractivity contribution < 1.29 is 9.90 Å². The monoisotopic (exact) mass is 256 g/mol. The van der Waals surface area contributed by atoms with Crippen molar-refractivity contribution in [2.45, 2.75) is 12.8 Å². The number of hydrogen-bond acceptors (Lipinski definition) is 3. The van der Waals surface area contributed by atoms with Crippen LogP contribution < -0.4 is 5.73 Å². The summed E-state index contributed by atoms with van der Waals surface area (Å²) in [7, 11) is 0. The molecule has 0 unspecified atom stereocenters. The number of pyridine rings is 1. The molecule has 0 saturated carbocycles. The average Bonchev–Trinajstić information content (AvgIpc) is 2.45. The van der Waals surface area contributed by atoms with Gasteiger partial charge in [-0.1, -0.05) is 30.3 Å². The van der Waals surface area contributed by atoms with Crippen molar-refractivity contribution in [2.75, 3.05) is 6.61 Å². The Hall–Kier alpha value is -2.20. The molecule has 2 aromatic rings. The van der Waals surface area contributed by atoms with E-state index in [4.69, 9.17) is 10.8 Å². The van der Waals surface area contributed by atoms with Gasteiger partial charge in [0.05, 0.1) is 5.69 Å². The summed E-state index contributed by atoms with van der Waals surface area (Å²) >= 11 is 0. The third kappa shape index (κ3) is 3.39. The van der Waals surface area contributed by atoms with Crippen LogP contribution in [0, 0.1) is 0 Å². The van der Waals surface area contributed by atoms with Gasteiger partial charge in [0.25, 0.3) is 5.91 Å². The molecule has 0 aliphatic carbocycles. The molecule has 0 fully saturated rings. The van der Waals surface area contributed by atoms with Crippen LogP contribution in [0.1, 0.15) is 22.5 Å². The van der Waals surface area contributed by atoms with Crippen LogP contribution in [-0.2, 0) is 6.42 Å². The molecule has 2 rings (SSSR count). The normalized spacial score (nSPS) is 10.4. The Kier molecular flexibility index (Phi) is 4.26. The highest BCUT2D eigenvalue weighted by Crippen LogP contribution is 2.19. The molecular weight excluding hydrogens is 240 g/mol. The molecule has 1 aromatic carbocycles. The Bertz CT molecular complexity index is 568. The first-order chi connectivity index (χ1) is 9.20. The number of rotatable bonds is 5. The van der Waals surface area contributed by atoms with Crippen molar-refractivity contribution in [3.8, 4) is 11.3 Å². The molecule has 0 radical (unpaired) electrons. The van der Waals surface area contributed by atoms with Crippen LogP contribution in [0.3, 0.4) is 0 Å². The second-order valence-electron chi connectivity index (χ2n) is 4.30. The molecule has 0 atom stereocenters. The van der Waals surface area contributed by atoms with Gasteiger partial charge in [-0.25, -0.2) is 4.98 Å². The zero-order valence-corrected chi connectivity index (χ0v) is 10.5. The van der Waals surface area contributed by atoms with Crippen molar-refractivity contribution >= 4 is 5.91 Å². The number of nitrogens with zero attached hydrogens (tertiary/aromatic N) is 1. The molecule has 19 heavy (non-hydrogen) atoms. The van der Waals surface area contributed by atoms with Crippen molar-refractivity contribution in [2.24, 2.45) is 5.73 Å². The number of carbonyl (C=O) groups is 1. The van der Waals surface area contributed by atoms with Gasteiger partial charge in [0, 0.05) is 12.2 Å². The van der Waals surface area contributed by atoms with Crippen LogP contribution >= 0.6 is 0 Å². The van der Waals surface area contributed by atoms with E-state index in [0.29, 0.717) is 12.8 Å². The van der Waals surface area contributed by atoms with Gasteiger partial charge in [-0.2, -0.15) is 0 Å². The second kappa shape index (κ2) is 6.11. The lowest BCUT2D eigenvalue weighted by Crippen LogP contribution is -2.14. The maximum atomic E-state index is 11.3. The van der Waals surface area contributed by atoms with E-state index in [2.05, 4.69) is 4.98 Å². The number of carbonyl (C=O) groups excluding carboxylic acids is 1. The summed E-state index contributed by atoms with van der Waals surface area (Å²) in [6, 6.07) is 13.2. The number of aryl methyl sites for hydroxylation is 1. The summed E-state index contributed by atoms with van der Waals surface area (Å²) in [4.78, 5) is 15.6. The Balaban J connectivity index is 2.42. The number of aliphatic hydroxyl groups is 1. The minimum atomic E-state index is -0.539. The summed E-state index contributed by atoms with van der Waals surface area (Å²) in [5.41, 5.74) is 8.19. The molecule has 1 aromatic heterocycles. The first-order valence-electron chi connectivity index (χ1n) is 6.18. The summed E-state index contributed by atoms with van der Waals surface area (Å²) in [5, 5.41) is 8.89. The van der Waals surface area contributed by atoms with E-state index in [9.17, 15) is 4.79 Å². The Morgan fingerprint density at radius 1 is 1.21 bits per heavy atom. The Labute approximate surface area is 111 Å². The van der Waals surface area contributed by atoms with Crippen LogP contribution in [0.2, 0.25) is 0 Å². The van der Waals surface area contributed by atoms with Crippen LogP contribution in [0.4, 0.5) is 0 Å². The highest BCUT2D eigenvalue weighted by molar-refractivity contribution is 5.91. The predicted octanol–water partition coefficient (Wildman–Crippen LogP) is 1.77. The number of amides is 1. The van der Waals surface area contributed by atoms with Crippen LogP contribution in [0.15, 0.2) is 42.5 Å². The molecular formula is C15H16N2O2. The van der Waals surface area contributed by atoms with Gasteiger partial charge in [0.15, 0.2) is 0 Å². The fraction of sp³-hybridized carbons (Fsp3) is 0.200. The van der Waals surface area contributed by atoms with Gasteiger partial charge < -0.3 is 10.8 Å². The number of aromatic nitrogens is 1. The Morgan fingerprint density at radius 3 is 2.58 bits per heavy atom. The highest BCUT2D eigenvalue weighted by atomic mass is 16.2. The van der Waals surface area contributed by atoms with Gasteiger partial charge in [0.2, 0.25) is 0 Å². The van der Waals surface area contributed by atoms with E-state index in [1.807, 2.05) is 36.4 Å². The molecule has 3 N–H and O–H groups in total. The maximum Gasteiger partial charge on any atom is 0.267 e. The summed E-state index contributed by atoms with van der Waals surface area (Å²) in [6.45, 7) is 0.120. The number of aliphatic hydroxyl groups excluding tert-OH is 1. The lowest BCUT2D eigenvalue weighted by atomic mass is 10.0. The van der Waals surface area contributed by atoms with E-state index >= 15 is 0 Å². The lowest BCUT2D eigenvalue weighted by Gasteiger charge is -2.07. The zero-order valence-electron chi connectivity index (χ0n) is 10.5. The molecule has 4 nitrogen and oxygen atoms in total. The molecule has 0 saturated heterocycles. The molecule has 98 valence electrons. The van der Waals surface area contributed by atoms with E-state index in [0.717, 1.165) is 16.8 Å².